The Morgan fingerprint density at radius 1 is 0.923 bits per heavy atom. The van der Waals surface area contributed by atoms with Gasteiger partial charge in [0.25, 0.3) is 5.91 Å². The number of hydrogen-bond donors (Lipinski definition) is 2. The molecule has 2 N–H and O–H groups in total. The Morgan fingerprint density at radius 3 is 2.46 bits per heavy atom. The molecule has 0 aliphatic heterocycles. The van der Waals surface area contributed by atoms with E-state index in [-0.39, 0.29) is 33.4 Å². The summed E-state index contributed by atoms with van der Waals surface area (Å²) in [5, 5.41) is 20.2. The topological polar surface area (TPSA) is 132 Å². The highest BCUT2D eigenvalue weighted by Crippen LogP contribution is 2.72. The monoisotopic (exact) mass is 712 g/mol. The van der Waals surface area contributed by atoms with Crippen molar-refractivity contribution in [3.63, 3.8) is 0 Å². The maximum atomic E-state index is 13.5. The number of carboxylic acid groups (broad SMARTS) is 1. The van der Waals surface area contributed by atoms with Crippen molar-refractivity contribution in [1.29, 1.82) is 0 Å². The van der Waals surface area contributed by atoms with Crippen LogP contribution in [-0.4, -0.2) is 54.4 Å². The number of carbonyl (C=O) groups is 2. The molecule has 4 heterocycles. The number of carboxylic acids is 1. The lowest BCUT2D eigenvalue weighted by Gasteiger charge is -2.69. The molecular formula is C41H40N6O4S. The molecule has 10 rings (SSSR count). The SMILES string of the molecule is COC12CC3(C)CC(C)(CC(Cn4ncc(-c5ccc(-c6ccc7cncc(C(=O)Nc8nc9ccccc9s8)c7c6)nc5C(=O)O)c4C)(C3)C1)C2. The molecule has 2 atom stereocenters. The van der Waals surface area contributed by atoms with Crippen molar-refractivity contribution in [2.75, 3.05) is 12.4 Å². The number of benzene rings is 2. The molecule has 4 bridgehead atoms. The van der Waals surface area contributed by atoms with Crippen LogP contribution in [0.4, 0.5) is 5.13 Å². The molecule has 10 nitrogen and oxygen atoms in total. The van der Waals surface area contributed by atoms with Crippen LogP contribution in [0, 0.1) is 23.2 Å². The molecule has 2 unspecified atom stereocenters. The maximum Gasteiger partial charge on any atom is 0.355 e. The average molecular weight is 713 g/mol. The number of thiazole rings is 1. The van der Waals surface area contributed by atoms with Gasteiger partial charge in [0.15, 0.2) is 10.8 Å². The number of hydrogen-bond acceptors (Lipinski definition) is 8. The van der Waals surface area contributed by atoms with E-state index in [1.807, 2.05) is 68.6 Å². The van der Waals surface area contributed by atoms with Gasteiger partial charge in [-0.25, -0.2) is 14.8 Å². The van der Waals surface area contributed by atoms with Gasteiger partial charge in [-0.3, -0.25) is 19.8 Å². The number of nitrogens with zero attached hydrogens (tertiary/aromatic N) is 5. The number of anilines is 1. The molecule has 0 radical (unpaired) electrons. The number of methoxy groups -OCH3 is 1. The predicted molar refractivity (Wildman–Crippen MR) is 202 cm³/mol. The van der Waals surface area contributed by atoms with Crippen molar-refractivity contribution in [1.82, 2.24) is 24.7 Å². The number of aromatic carboxylic acids is 1. The molecule has 4 fully saturated rings. The van der Waals surface area contributed by atoms with E-state index in [0.29, 0.717) is 32.9 Å². The van der Waals surface area contributed by atoms with Crippen molar-refractivity contribution in [3.05, 3.63) is 90.1 Å². The van der Waals surface area contributed by atoms with Gasteiger partial charge in [-0.15, -0.1) is 0 Å². The van der Waals surface area contributed by atoms with Gasteiger partial charge in [-0.1, -0.05) is 49.4 Å². The summed E-state index contributed by atoms with van der Waals surface area (Å²) >= 11 is 1.41. The van der Waals surface area contributed by atoms with Gasteiger partial charge < -0.3 is 9.84 Å². The number of para-hydroxylation sites is 1. The Hall–Kier alpha value is -5.00. The molecule has 4 saturated carbocycles. The van der Waals surface area contributed by atoms with Crippen LogP contribution >= 0.6 is 11.3 Å². The van der Waals surface area contributed by atoms with Gasteiger partial charge in [0, 0.05) is 53.8 Å². The first-order chi connectivity index (χ1) is 24.9. The van der Waals surface area contributed by atoms with E-state index in [9.17, 15) is 14.7 Å². The zero-order chi connectivity index (χ0) is 36.0. The van der Waals surface area contributed by atoms with E-state index in [0.717, 1.165) is 65.5 Å². The number of ether oxygens (including phenoxy) is 1. The largest absolute Gasteiger partial charge is 0.476 e. The molecule has 52 heavy (non-hydrogen) atoms. The second-order valence-electron chi connectivity index (χ2n) is 16.3. The standard InChI is InChI=1S/C41H40N6O4S/c1-24-29(16-43-47(24)23-40-18-38(2)17-39(3,19-40)21-41(20-38,22-40)51-4)27-11-12-31(44-34(27)36(49)50)25-9-10-26-14-42-15-30(28(26)13-25)35(48)46-37-45-32-7-5-6-8-33(32)52-37/h5-16H,17-23H2,1-4H3,(H,49,50)(H,45,46,48). The third kappa shape index (κ3) is 5.40. The number of aromatic nitrogens is 5. The normalized spacial score (nSPS) is 26.3. The molecule has 1 amide bonds. The molecule has 0 saturated heterocycles. The minimum atomic E-state index is -1.12. The van der Waals surface area contributed by atoms with E-state index in [1.165, 1.54) is 24.0 Å². The highest BCUT2D eigenvalue weighted by molar-refractivity contribution is 7.22. The van der Waals surface area contributed by atoms with Crippen molar-refractivity contribution < 1.29 is 19.4 Å². The molecule has 11 heteroatoms. The number of amides is 1. The van der Waals surface area contributed by atoms with E-state index < -0.39 is 5.97 Å². The Kier molecular flexibility index (Phi) is 7.27. The molecule has 2 aromatic carbocycles. The lowest BCUT2D eigenvalue weighted by Crippen LogP contribution is -2.64. The first-order valence-electron chi connectivity index (χ1n) is 17.7. The van der Waals surface area contributed by atoms with E-state index in [2.05, 4.69) is 38.8 Å². The van der Waals surface area contributed by atoms with Crippen molar-refractivity contribution in [2.45, 2.75) is 71.4 Å². The number of carbonyl (C=O) groups excluding carboxylic acids is 1. The fourth-order valence-electron chi connectivity index (χ4n) is 11.0. The smallest absolute Gasteiger partial charge is 0.355 e. The minimum Gasteiger partial charge on any atom is -0.476 e. The second kappa shape index (κ2) is 11.5. The molecule has 6 aromatic rings. The van der Waals surface area contributed by atoms with Gasteiger partial charge in [0.05, 0.1) is 33.3 Å². The summed E-state index contributed by atoms with van der Waals surface area (Å²) in [6.45, 7) is 7.68. The lowest BCUT2D eigenvalue weighted by atomic mass is 9.39. The summed E-state index contributed by atoms with van der Waals surface area (Å²) in [5.74, 6) is -1.45. The van der Waals surface area contributed by atoms with Gasteiger partial charge >= 0.3 is 5.97 Å². The highest BCUT2D eigenvalue weighted by Gasteiger charge is 2.66. The van der Waals surface area contributed by atoms with Crippen molar-refractivity contribution in [2.24, 2.45) is 16.2 Å². The number of rotatable bonds is 8. The van der Waals surface area contributed by atoms with E-state index in [4.69, 9.17) is 9.84 Å². The number of pyridine rings is 2. The summed E-state index contributed by atoms with van der Waals surface area (Å²) in [6, 6.07) is 17.0. The summed E-state index contributed by atoms with van der Waals surface area (Å²) < 4.78 is 9.35. The Labute approximate surface area is 305 Å². The van der Waals surface area contributed by atoms with Crippen LogP contribution in [0.15, 0.2) is 73.2 Å². The predicted octanol–water partition coefficient (Wildman–Crippen LogP) is 8.79. The van der Waals surface area contributed by atoms with Gasteiger partial charge in [0.2, 0.25) is 0 Å². The van der Waals surface area contributed by atoms with Crippen molar-refractivity contribution in [3.8, 4) is 22.4 Å². The summed E-state index contributed by atoms with van der Waals surface area (Å²) in [7, 11) is 1.88. The fraction of sp³-hybridized carbons (Fsp3) is 0.366. The van der Waals surface area contributed by atoms with Crippen LogP contribution in [0.3, 0.4) is 0 Å². The van der Waals surface area contributed by atoms with Gasteiger partial charge in [-0.2, -0.15) is 5.10 Å². The van der Waals surface area contributed by atoms with Crippen LogP contribution in [-0.2, 0) is 11.3 Å². The summed E-state index contributed by atoms with van der Waals surface area (Å²) in [6.07, 6.45) is 11.8. The molecule has 4 aromatic heterocycles. The Morgan fingerprint density at radius 2 is 1.71 bits per heavy atom. The Balaban J connectivity index is 1.02. The molecule has 4 aliphatic rings. The van der Waals surface area contributed by atoms with E-state index >= 15 is 0 Å². The summed E-state index contributed by atoms with van der Waals surface area (Å²) in [5.41, 5.74) is 5.04. The lowest BCUT2D eigenvalue weighted by molar-refractivity contribution is -0.239. The molecule has 264 valence electrons. The minimum absolute atomic E-state index is 0.0445. The zero-order valence-electron chi connectivity index (χ0n) is 29.7. The summed E-state index contributed by atoms with van der Waals surface area (Å²) in [4.78, 5) is 39.8. The Bertz CT molecular complexity index is 2400. The highest BCUT2D eigenvalue weighted by atomic mass is 32.1. The maximum absolute atomic E-state index is 13.5. The fourth-order valence-corrected chi connectivity index (χ4v) is 11.9. The zero-order valence-corrected chi connectivity index (χ0v) is 30.5. The number of fused-ring (bicyclic) bond motifs is 2. The van der Waals surface area contributed by atoms with Crippen LogP contribution < -0.4 is 5.32 Å². The van der Waals surface area contributed by atoms with Gasteiger partial charge in [0.1, 0.15) is 0 Å². The molecule has 0 spiro atoms. The second-order valence-corrected chi connectivity index (χ2v) is 17.4. The van der Waals surface area contributed by atoms with Crippen LogP contribution in [0.1, 0.15) is 78.9 Å². The molecule has 4 aliphatic carbocycles. The van der Waals surface area contributed by atoms with Crippen molar-refractivity contribution >= 4 is 49.3 Å². The van der Waals surface area contributed by atoms with E-state index in [1.54, 1.807) is 12.4 Å². The van der Waals surface area contributed by atoms with Crippen LogP contribution in [0.25, 0.3) is 43.4 Å². The molecular weight excluding hydrogens is 673 g/mol. The van der Waals surface area contributed by atoms with Gasteiger partial charge in [-0.05, 0) is 97.4 Å². The number of nitrogens with one attached hydrogen (secondary N) is 1. The third-order valence-corrected chi connectivity index (χ3v) is 12.8. The van der Waals surface area contributed by atoms with Crippen LogP contribution in [0.5, 0.6) is 0 Å². The first kappa shape index (κ1) is 32.9. The first-order valence-corrected chi connectivity index (χ1v) is 18.6. The average Bonchev–Trinajstić information content (AvgIpc) is 3.67. The quantitative estimate of drug-likeness (QED) is 0.160. The third-order valence-electron chi connectivity index (χ3n) is 11.9. The van der Waals surface area contributed by atoms with Crippen LogP contribution in [0.2, 0.25) is 0 Å².